The van der Waals surface area contributed by atoms with E-state index < -0.39 is 0 Å². The van der Waals surface area contributed by atoms with Crippen LogP contribution in [0, 0.1) is 0 Å². The van der Waals surface area contributed by atoms with Crippen LogP contribution in [-0.4, -0.2) is 25.8 Å². The Hall–Kier alpha value is -3.68. The molecular formula is C18H15N5O3. The normalized spacial score (nSPS) is 10.8. The zero-order valence-electron chi connectivity index (χ0n) is 13.9. The number of carbonyl (C=O) groups is 1. The Kier molecular flexibility index (Phi) is 4.06. The Morgan fingerprint density at radius 1 is 1.15 bits per heavy atom. The van der Waals surface area contributed by atoms with E-state index in [1.165, 1.54) is 12.3 Å². The summed E-state index contributed by atoms with van der Waals surface area (Å²) in [5.74, 6) is 0.577. The summed E-state index contributed by atoms with van der Waals surface area (Å²) in [5.41, 5.74) is 2.55. The molecule has 0 aliphatic carbocycles. The van der Waals surface area contributed by atoms with Crippen LogP contribution in [0.4, 0.5) is 0 Å². The van der Waals surface area contributed by atoms with Crippen molar-refractivity contribution in [1.29, 1.82) is 0 Å². The third-order valence-corrected chi connectivity index (χ3v) is 3.84. The number of aryl methyl sites for hydroxylation is 1. The van der Waals surface area contributed by atoms with Gasteiger partial charge in [-0.15, -0.1) is 0 Å². The molecule has 4 heterocycles. The van der Waals surface area contributed by atoms with E-state index in [4.69, 9.17) is 8.94 Å². The van der Waals surface area contributed by atoms with E-state index in [1.54, 1.807) is 23.0 Å². The molecule has 0 bridgehead atoms. The van der Waals surface area contributed by atoms with Crippen LogP contribution in [0.15, 0.2) is 63.9 Å². The van der Waals surface area contributed by atoms with E-state index >= 15 is 0 Å². The number of hydrogen-bond donors (Lipinski definition) is 1. The molecule has 0 aliphatic rings. The van der Waals surface area contributed by atoms with Gasteiger partial charge in [-0.2, -0.15) is 5.10 Å². The van der Waals surface area contributed by atoms with Crippen LogP contribution in [0.3, 0.4) is 0 Å². The van der Waals surface area contributed by atoms with Gasteiger partial charge in [-0.25, -0.2) is 0 Å². The van der Waals surface area contributed by atoms with Crippen molar-refractivity contribution in [1.82, 2.24) is 25.2 Å². The maximum atomic E-state index is 12.3. The van der Waals surface area contributed by atoms with Gasteiger partial charge < -0.3 is 14.3 Å². The SMILES string of the molecule is Cn1nc(-c2ccccn2)cc1CNC(=O)c1cc(-c2ccco2)on1. The highest BCUT2D eigenvalue weighted by atomic mass is 16.5. The van der Waals surface area contributed by atoms with Crippen LogP contribution in [0.25, 0.3) is 22.9 Å². The highest BCUT2D eigenvalue weighted by Crippen LogP contribution is 2.20. The monoisotopic (exact) mass is 349 g/mol. The fraction of sp³-hybridized carbons (Fsp3) is 0.111. The van der Waals surface area contributed by atoms with E-state index in [0.29, 0.717) is 18.1 Å². The third kappa shape index (κ3) is 3.12. The van der Waals surface area contributed by atoms with E-state index in [9.17, 15) is 4.79 Å². The lowest BCUT2D eigenvalue weighted by Gasteiger charge is -2.02. The van der Waals surface area contributed by atoms with Crippen molar-refractivity contribution in [3.63, 3.8) is 0 Å². The minimum Gasteiger partial charge on any atom is -0.461 e. The van der Waals surface area contributed by atoms with Crippen LogP contribution in [0.2, 0.25) is 0 Å². The summed E-state index contributed by atoms with van der Waals surface area (Å²) in [6.07, 6.45) is 3.24. The smallest absolute Gasteiger partial charge is 0.273 e. The van der Waals surface area contributed by atoms with Gasteiger partial charge in [-0.1, -0.05) is 11.2 Å². The van der Waals surface area contributed by atoms with Gasteiger partial charge in [0.25, 0.3) is 5.91 Å². The highest BCUT2D eigenvalue weighted by Gasteiger charge is 2.16. The molecule has 0 atom stereocenters. The van der Waals surface area contributed by atoms with Crippen molar-refractivity contribution in [3.8, 4) is 22.9 Å². The summed E-state index contributed by atoms with van der Waals surface area (Å²) < 4.78 is 12.1. The van der Waals surface area contributed by atoms with E-state index in [2.05, 4.69) is 20.6 Å². The van der Waals surface area contributed by atoms with Crippen molar-refractivity contribution >= 4 is 5.91 Å². The van der Waals surface area contributed by atoms with Gasteiger partial charge in [0.1, 0.15) is 5.69 Å². The molecule has 4 aromatic heterocycles. The Morgan fingerprint density at radius 3 is 2.85 bits per heavy atom. The first-order valence-electron chi connectivity index (χ1n) is 7.94. The van der Waals surface area contributed by atoms with Gasteiger partial charge in [0.05, 0.1) is 24.2 Å². The molecule has 26 heavy (non-hydrogen) atoms. The quantitative estimate of drug-likeness (QED) is 0.595. The van der Waals surface area contributed by atoms with Gasteiger partial charge in [-0.05, 0) is 30.3 Å². The summed E-state index contributed by atoms with van der Waals surface area (Å²) in [6.45, 7) is 0.304. The lowest BCUT2D eigenvalue weighted by atomic mass is 10.2. The molecule has 0 fully saturated rings. The fourth-order valence-electron chi connectivity index (χ4n) is 2.49. The summed E-state index contributed by atoms with van der Waals surface area (Å²) in [6, 6.07) is 12.5. The average molecular weight is 349 g/mol. The van der Waals surface area contributed by atoms with Crippen LogP contribution in [-0.2, 0) is 13.6 Å². The first-order chi connectivity index (χ1) is 12.7. The predicted molar refractivity (Wildman–Crippen MR) is 91.8 cm³/mol. The van der Waals surface area contributed by atoms with Crippen molar-refractivity contribution in [3.05, 3.63) is 66.3 Å². The Morgan fingerprint density at radius 2 is 2.08 bits per heavy atom. The molecule has 0 unspecified atom stereocenters. The van der Waals surface area contributed by atoms with Crippen LogP contribution in [0.1, 0.15) is 16.2 Å². The van der Waals surface area contributed by atoms with Crippen molar-refractivity contribution in [2.75, 3.05) is 0 Å². The number of nitrogens with zero attached hydrogens (tertiary/aromatic N) is 4. The minimum atomic E-state index is -0.341. The molecule has 8 nitrogen and oxygen atoms in total. The summed E-state index contributed by atoms with van der Waals surface area (Å²) in [4.78, 5) is 16.6. The summed E-state index contributed by atoms with van der Waals surface area (Å²) in [5, 5.41) is 11.0. The number of amides is 1. The van der Waals surface area contributed by atoms with Crippen molar-refractivity contribution in [2.45, 2.75) is 6.54 Å². The van der Waals surface area contributed by atoms with Gasteiger partial charge in [-0.3, -0.25) is 14.5 Å². The van der Waals surface area contributed by atoms with Gasteiger partial charge in [0.2, 0.25) is 5.76 Å². The first kappa shape index (κ1) is 15.8. The van der Waals surface area contributed by atoms with E-state index in [-0.39, 0.29) is 11.6 Å². The van der Waals surface area contributed by atoms with Gasteiger partial charge in [0, 0.05) is 19.3 Å². The van der Waals surface area contributed by atoms with Crippen molar-refractivity contribution in [2.24, 2.45) is 7.05 Å². The minimum absolute atomic E-state index is 0.184. The Balaban J connectivity index is 1.44. The number of rotatable bonds is 5. The average Bonchev–Trinajstić information content (AvgIpc) is 3.41. The van der Waals surface area contributed by atoms with Crippen LogP contribution in [0.5, 0.6) is 0 Å². The number of pyridine rings is 1. The summed E-state index contributed by atoms with van der Waals surface area (Å²) >= 11 is 0. The highest BCUT2D eigenvalue weighted by molar-refractivity contribution is 5.92. The summed E-state index contributed by atoms with van der Waals surface area (Å²) in [7, 11) is 1.82. The molecule has 0 saturated carbocycles. The number of hydrogen-bond acceptors (Lipinski definition) is 6. The lowest BCUT2D eigenvalue weighted by molar-refractivity contribution is 0.0941. The molecule has 1 N–H and O–H groups in total. The lowest BCUT2D eigenvalue weighted by Crippen LogP contribution is -2.24. The molecule has 0 aromatic carbocycles. The topological polar surface area (TPSA) is 99.0 Å². The predicted octanol–water partition coefficient (Wildman–Crippen LogP) is 2.66. The number of nitrogens with one attached hydrogen (secondary N) is 1. The van der Waals surface area contributed by atoms with Crippen molar-refractivity contribution < 1.29 is 13.7 Å². The number of carbonyl (C=O) groups excluding carboxylic acids is 1. The zero-order valence-corrected chi connectivity index (χ0v) is 13.9. The maximum Gasteiger partial charge on any atom is 0.273 e. The standard InChI is InChI=1S/C18H15N5O3/c1-23-12(9-14(21-23)13-5-2-3-7-19-13)11-20-18(24)15-10-17(26-22-15)16-6-4-8-25-16/h2-10H,11H2,1H3,(H,20,24). The van der Waals surface area contributed by atoms with Crippen LogP contribution >= 0.6 is 0 Å². The molecule has 1 amide bonds. The molecule has 0 radical (unpaired) electrons. The molecule has 130 valence electrons. The van der Waals surface area contributed by atoms with Crippen LogP contribution < -0.4 is 5.32 Å². The number of furan rings is 1. The molecule has 8 heteroatoms. The Bertz CT molecular complexity index is 1020. The van der Waals surface area contributed by atoms with Gasteiger partial charge in [0.15, 0.2) is 11.5 Å². The van der Waals surface area contributed by atoms with E-state index in [1.807, 2.05) is 31.3 Å². The van der Waals surface area contributed by atoms with E-state index in [0.717, 1.165) is 17.1 Å². The maximum absolute atomic E-state index is 12.3. The second-order valence-corrected chi connectivity index (χ2v) is 5.60. The Labute approximate surface area is 148 Å². The second kappa shape index (κ2) is 6.67. The fourth-order valence-corrected chi connectivity index (χ4v) is 2.49. The van der Waals surface area contributed by atoms with Gasteiger partial charge >= 0.3 is 0 Å². The molecule has 0 aliphatic heterocycles. The number of aromatic nitrogens is 4. The molecule has 0 saturated heterocycles. The third-order valence-electron chi connectivity index (χ3n) is 3.84. The molecule has 0 spiro atoms. The zero-order chi connectivity index (χ0) is 17.9. The molecule has 4 aromatic rings. The molecular weight excluding hydrogens is 334 g/mol. The first-order valence-corrected chi connectivity index (χ1v) is 7.94. The molecule has 4 rings (SSSR count). The second-order valence-electron chi connectivity index (χ2n) is 5.60. The largest absolute Gasteiger partial charge is 0.461 e.